The van der Waals surface area contributed by atoms with Crippen molar-refractivity contribution in [2.75, 3.05) is 44.2 Å². The lowest BCUT2D eigenvalue weighted by molar-refractivity contribution is -0.193. The first-order valence-electron chi connectivity index (χ1n) is 13.2. The number of carbonyl (C=O) groups excluding carboxylic acids is 1. The molecule has 0 aromatic carbocycles. The Morgan fingerprint density at radius 3 is 1.95 bits per heavy atom. The minimum Gasteiger partial charge on any atom is -0.475 e. The van der Waals surface area contributed by atoms with Gasteiger partial charge < -0.3 is 20.0 Å². The van der Waals surface area contributed by atoms with Gasteiger partial charge in [0.25, 0.3) is 0 Å². The van der Waals surface area contributed by atoms with E-state index < -0.39 is 24.3 Å². The van der Waals surface area contributed by atoms with E-state index >= 15 is 0 Å². The van der Waals surface area contributed by atoms with E-state index in [1.807, 2.05) is 6.07 Å². The van der Waals surface area contributed by atoms with Gasteiger partial charge in [-0.15, -0.1) is 0 Å². The zero-order valence-electron chi connectivity index (χ0n) is 23.1. The standard InChI is InChI=1S/C22H29N5OS.2C2HF3O2/c1-2-26-12-7-22(19(26)28)17-27(20-23-8-3-9-24-20)16-21(22)5-10-25(11-6-21)14-18-4-13-29-15-18;2*3-2(4,5)1(6)7/h3-4,8-9,13,15H,2,5-7,10-12,14,16-17H2,1H3;2*(H,6,7). The summed E-state index contributed by atoms with van der Waals surface area (Å²) < 4.78 is 63.5. The van der Waals surface area contributed by atoms with Crippen LogP contribution in [0.2, 0.25) is 0 Å². The van der Waals surface area contributed by atoms with Gasteiger partial charge >= 0.3 is 24.3 Å². The molecule has 238 valence electrons. The lowest BCUT2D eigenvalue weighted by atomic mass is 9.60. The number of piperidine rings is 1. The lowest BCUT2D eigenvalue weighted by Gasteiger charge is -2.46. The number of thiophene rings is 1. The van der Waals surface area contributed by atoms with Crippen LogP contribution in [0.1, 0.15) is 31.7 Å². The van der Waals surface area contributed by atoms with Crippen LogP contribution in [-0.2, 0) is 20.9 Å². The van der Waals surface area contributed by atoms with E-state index in [4.69, 9.17) is 19.8 Å². The van der Waals surface area contributed by atoms with Gasteiger partial charge in [-0.05, 0) is 67.7 Å². The van der Waals surface area contributed by atoms with Crippen molar-refractivity contribution in [2.45, 2.75) is 45.1 Å². The first kappa shape index (κ1) is 34.0. The monoisotopic (exact) mass is 639 g/mol. The highest BCUT2D eigenvalue weighted by Gasteiger charge is 2.65. The fourth-order valence-electron chi connectivity index (χ4n) is 5.86. The van der Waals surface area contributed by atoms with Crippen LogP contribution in [0.4, 0.5) is 32.3 Å². The lowest BCUT2D eigenvalue weighted by Crippen LogP contribution is -2.52. The summed E-state index contributed by atoms with van der Waals surface area (Å²) in [6.07, 6.45) is -3.45. The number of carbonyl (C=O) groups is 3. The van der Waals surface area contributed by atoms with E-state index in [-0.39, 0.29) is 10.8 Å². The topological polar surface area (TPSA) is 127 Å². The van der Waals surface area contributed by atoms with Crippen molar-refractivity contribution in [1.29, 1.82) is 0 Å². The summed E-state index contributed by atoms with van der Waals surface area (Å²) in [7, 11) is 0. The Morgan fingerprint density at radius 2 is 1.51 bits per heavy atom. The molecule has 2 N–H and O–H groups in total. The molecule has 3 aliphatic heterocycles. The molecule has 5 heterocycles. The largest absolute Gasteiger partial charge is 0.490 e. The molecule has 1 unspecified atom stereocenters. The first-order chi connectivity index (χ1) is 20.0. The van der Waals surface area contributed by atoms with Crippen molar-refractivity contribution < 1.29 is 50.9 Å². The quantitative estimate of drug-likeness (QED) is 0.475. The van der Waals surface area contributed by atoms with Crippen LogP contribution in [-0.4, -0.2) is 99.4 Å². The van der Waals surface area contributed by atoms with Crippen LogP contribution >= 0.6 is 11.3 Å². The van der Waals surface area contributed by atoms with Crippen LogP contribution in [0.3, 0.4) is 0 Å². The number of carboxylic acids is 2. The number of amides is 1. The fourth-order valence-corrected chi connectivity index (χ4v) is 6.52. The molecule has 2 aromatic rings. The number of anilines is 1. The number of carboxylic acid groups (broad SMARTS) is 2. The molecule has 5 rings (SSSR count). The smallest absolute Gasteiger partial charge is 0.475 e. The molecular formula is C26H31F6N5O5S. The zero-order chi connectivity index (χ0) is 32.1. The first-order valence-corrected chi connectivity index (χ1v) is 14.1. The molecule has 1 atom stereocenters. The number of aliphatic carboxylic acids is 2. The molecule has 3 aliphatic rings. The van der Waals surface area contributed by atoms with Gasteiger partial charge in [0.05, 0.1) is 5.41 Å². The average Bonchev–Trinajstić information content (AvgIpc) is 3.65. The van der Waals surface area contributed by atoms with Gasteiger partial charge in [0.2, 0.25) is 11.9 Å². The second-order valence-electron chi connectivity index (χ2n) is 10.4. The molecule has 1 amide bonds. The second kappa shape index (κ2) is 13.4. The number of hydrogen-bond donors (Lipinski definition) is 2. The van der Waals surface area contributed by atoms with Crippen molar-refractivity contribution >= 4 is 35.1 Å². The van der Waals surface area contributed by atoms with Crippen molar-refractivity contribution in [2.24, 2.45) is 10.8 Å². The maximum absolute atomic E-state index is 13.6. The van der Waals surface area contributed by atoms with Gasteiger partial charge in [0, 0.05) is 50.5 Å². The molecule has 10 nitrogen and oxygen atoms in total. The minimum atomic E-state index is -5.08. The van der Waals surface area contributed by atoms with E-state index in [9.17, 15) is 31.1 Å². The number of alkyl halides is 6. The van der Waals surface area contributed by atoms with Crippen LogP contribution < -0.4 is 4.90 Å². The Morgan fingerprint density at radius 1 is 0.953 bits per heavy atom. The third-order valence-electron chi connectivity index (χ3n) is 7.98. The van der Waals surface area contributed by atoms with Crippen molar-refractivity contribution in [3.05, 3.63) is 40.8 Å². The molecule has 0 saturated carbocycles. The SMILES string of the molecule is CCN1CCC2(CN(c3ncccn3)CC23CCN(Cc2ccsc2)CC3)C1=O.O=C(O)C(F)(F)F.O=C(O)C(F)(F)F. The van der Waals surface area contributed by atoms with Gasteiger partial charge in [-0.25, -0.2) is 19.6 Å². The Balaban J connectivity index is 0.000000303. The van der Waals surface area contributed by atoms with Gasteiger partial charge in [-0.2, -0.15) is 37.7 Å². The van der Waals surface area contributed by atoms with E-state index in [2.05, 4.69) is 48.4 Å². The molecule has 2 aromatic heterocycles. The van der Waals surface area contributed by atoms with Gasteiger partial charge in [0.1, 0.15) is 0 Å². The number of rotatable bonds is 4. The molecular weight excluding hydrogens is 608 g/mol. The fraction of sp³-hybridized carbons (Fsp3) is 0.577. The third-order valence-corrected chi connectivity index (χ3v) is 8.71. The highest BCUT2D eigenvalue weighted by atomic mass is 32.1. The Bertz CT molecular complexity index is 1220. The minimum absolute atomic E-state index is 0.0261. The Labute approximate surface area is 246 Å². The molecule has 0 aliphatic carbocycles. The number of hydrogen-bond acceptors (Lipinski definition) is 8. The van der Waals surface area contributed by atoms with Crippen LogP contribution in [0, 0.1) is 10.8 Å². The molecule has 17 heteroatoms. The molecule has 2 spiro atoms. The Kier molecular flexibility index (Phi) is 10.6. The second-order valence-corrected chi connectivity index (χ2v) is 11.2. The summed E-state index contributed by atoms with van der Waals surface area (Å²) in [6, 6.07) is 4.08. The summed E-state index contributed by atoms with van der Waals surface area (Å²) in [5, 5.41) is 18.6. The van der Waals surface area contributed by atoms with Gasteiger partial charge in [0.15, 0.2) is 0 Å². The number of likely N-dealkylation sites (tertiary alicyclic amines) is 2. The van der Waals surface area contributed by atoms with Crippen molar-refractivity contribution in [1.82, 2.24) is 19.8 Å². The molecule has 3 fully saturated rings. The summed E-state index contributed by atoms with van der Waals surface area (Å²) >= 11 is 1.77. The van der Waals surface area contributed by atoms with Gasteiger partial charge in [-0.1, -0.05) is 0 Å². The van der Waals surface area contributed by atoms with Crippen molar-refractivity contribution in [3.8, 4) is 0 Å². The number of fused-ring (bicyclic) bond motifs is 1. The normalized spacial score (nSPS) is 21.8. The Hall–Kier alpha value is -3.47. The number of aromatic nitrogens is 2. The zero-order valence-corrected chi connectivity index (χ0v) is 23.9. The average molecular weight is 640 g/mol. The summed E-state index contributed by atoms with van der Waals surface area (Å²) in [5.41, 5.74) is 1.15. The maximum atomic E-state index is 13.6. The third kappa shape index (κ3) is 7.93. The molecule has 0 radical (unpaired) electrons. The van der Waals surface area contributed by atoms with Crippen LogP contribution in [0.25, 0.3) is 0 Å². The molecule has 43 heavy (non-hydrogen) atoms. The highest BCUT2D eigenvalue weighted by Crippen LogP contribution is 2.58. The molecule has 3 saturated heterocycles. The predicted molar refractivity (Wildman–Crippen MR) is 142 cm³/mol. The summed E-state index contributed by atoms with van der Waals surface area (Å²) in [4.78, 5) is 47.3. The predicted octanol–water partition coefficient (Wildman–Crippen LogP) is 4.15. The van der Waals surface area contributed by atoms with Crippen LogP contribution in [0.15, 0.2) is 35.3 Å². The number of halogens is 6. The maximum Gasteiger partial charge on any atom is 0.490 e. The van der Waals surface area contributed by atoms with E-state index in [0.29, 0.717) is 5.91 Å². The number of nitrogens with zero attached hydrogens (tertiary/aromatic N) is 5. The van der Waals surface area contributed by atoms with Crippen LogP contribution in [0.5, 0.6) is 0 Å². The van der Waals surface area contributed by atoms with Gasteiger partial charge in [-0.3, -0.25) is 9.69 Å². The molecule has 0 bridgehead atoms. The van der Waals surface area contributed by atoms with E-state index in [1.165, 1.54) is 5.56 Å². The summed E-state index contributed by atoms with van der Waals surface area (Å²) in [6.45, 7) is 8.58. The van der Waals surface area contributed by atoms with E-state index in [1.54, 1.807) is 23.7 Å². The van der Waals surface area contributed by atoms with Crippen molar-refractivity contribution in [3.63, 3.8) is 0 Å². The highest BCUT2D eigenvalue weighted by molar-refractivity contribution is 7.07. The van der Waals surface area contributed by atoms with E-state index in [0.717, 1.165) is 71.0 Å². The summed E-state index contributed by atoms with van der Waals surface area (Å²) in [5.74, 6) is -4.38.